The second-order valence-electron chi connectivity index (χ2n) is 10.1. The number of β-amino-alcohol motifs (C(OH)–C–C–N with tert-alkyl or cyclic N) is 1. The van der Waals surface area contributed by atoms with Gasteiger partial charge in [0, 0.05) is 24.2 Å². The van der Waals surface area contributed by atoms with E-state index in [1.165, 1.54) is 18.2 Å². The van der Waals surface area contributed by atoms with Crippen LogP contribution in [0.15, 0.2) is 36.4 Å². The van der Waals surface area contributed by atoms with E-state index in [0.717, 1.165) is 17.5 Å². The molecule has 0 aromatic heterocycles. The lowest BCUT2D eigenvalue weighted by atomic mass is 9.93. The summed E-state index contributed by atoms with van der Waals surface area (Å²) in [6, 6.07) is 9.79. The van der Waals surface area contributed by atoms with Crippen molar-refractivity contribution in [2.75, 3.05) is 36.1 Å². The van der Waals surface area contributed by atoms with Crippen molar-refractivity contribution in [3.63, 3.8) is 0 Å². The van der Waals surface area contributed by atoms with E-state index in [1.54, 1.807) is 12.0 Å². The van der Waals surface area contributed by atoms with Gasteiger partial charge in [-0.25, -0.2) is 13.2 Å². The van der Waals surface area contributed by atoms with Crippen molar-refractivity contribution in [3.05, 3.63) is 47.5 Å². The third kappa shape index (κ3) is 7.73. The van der Waals surface area contributed by atoms with Crippen molar-refractivity contribution >= 4 is 44.5 Å². The monoisotopic (exact) mass is 601 g/mol. The second kappa shape index (κ2) is 11.5. The van der Waals surface area contributed by atoms with Crippen molar-refractivity contribution in [1.29, 1.82) is 0 Å². The van der Waals surface area contributed by atoms with Gasteiger partial charge in [0.2, 0.25) is 10.0 Å². The number of benzene rings is 2. The summed E-state index contributed by atoms with van der Waals surface area (Å²) < 4.78 is 36.3. The molecule has 1 aliphatic heterocycles. The maximum atomic E-state index is 12.8. The van der Waals surface area contributed by atoms with Gasteiger partial charge in [0.25, 0.3) is 0 Å². The lowest BCUT2D eigenvalue weighted by Gasteiger charge is -2.40. The van der Waals surface area contributed by atoms with Crippen LogP contribution >= 0.6 is 17.0 Å². The lowest BCUT2D eigenvalue weighted by Crippen LogP contribution is -2.48. The van der Waals surface area contributed by atoms with Gasteiger partial charge < -0.3 is 25.0 Å². The minimum Gasteiger partial charge on any atom is -0.506 e. The molecule has 2 aromatic carbocycles. The van der Waals surface area contributed by atoms with Crippen molar-refractivity contribution in [2.24, 2.45) is 0 Å². The molecule has 37 heavy (non-hydrogen) atoms. The van der Waals surface area contributed by atoms with Gasteiger partial charge in [-0.1, -0.05) is 6.07 Å². The Labute approximate surface area is 228 Å². The normalized spacial score (nSPS) is 15.8. The van der Waals surface area contributed by atoms with E-state index in [-0.39, 0.29) is 35.0 Å². The number of ether oxygens (including phenoxy) is 2. The van der Waals surface area contributed by atoms with Gasteiger partial charge in [-0.3, -0.25) is 9.62 Å². The van der Waals surface area contributed by atoms with Gasteiger partial charge in [0.15, 0.2) is 0 Å². The van der Waals surface area contributed by atoms with Gasteiger partial charge in [0.05, 0.1) is 30.8 Å². The molecule has 1 amide bonds. The zero-order chi connectivity index (χ0) is 26.9. The van der Waals surface area contributed by atoms with Gasteiger partial charge in [-0.2, -0.15) is 0 Å². The minimum absolute atomic E-state index is 0. The highest BCUT2D eigenvalue weighted by molar-refractivity contribution is 8.93. The molecule has 1 atom stereocenters. The first-order valence-electron chi connectivity index (χ1n) is 11.5. The summed E-state index contributed by atoms with van der Waals surface area (Å²) in [4.78, 5) is 14.4. The summed E-state index contributed by atoms with van der Waals surface area (Å²) >= 11 is 0. The molecule has 2 aromatic rings. The number of sulfonamides is 1. The number of hydrogen-bond donors (Lipinski definition) is 4. The van der Waals surface area contributed by atoms with E-state index in [0.29, 0.717) is 24.3 Å². The third-order valence-corrected chi connectivity index (χ3v) is 6.73. The molecule has 0 saturated carbocycles. The van der Waals surface area contributed by atoms with Crippen molar-refractivity contribution in [3.8, 4) is 11.5 Å². The number of nitrogens with zero attached hydrogens (tertiary/aromatic N) is 1. The smallest absolute Gasteiger partial charge is 0.415 e. The summed E-state index contributed by atoms with van der Waals surface area (Å²) in [5.74, 6) is 0.444. The third-order valence-electron chi connectivity index (χ3n) is 6.14. The van der Waals surface area contributed by atoms with Crippen LogP contribution in [-0.2, 0) is 20.4 Å². The minimum atomic E-state index is -3.59. The lowest BCUT2D eigenvalue weighted by molar-refractivity contribution is 0.0345. The number of fused-ring (bicyclic) bond motifs is 1. The zero-order valence-corrected chi connectivity index (χ0v) is 24.4. The molecule has 0 bridgehead atoms. The molecule has 206 valence electrons. The predicted molar refractivity (Wildman–Crippen MR) is 148 cm³/mol. The number of methoxy groups -OCH3 is 1. The van der Waals surface area contributed by atoms with Crippen LogP contribution in [0.5, 0.6) is 11.5 Å². The first-order valence-corrected chi connectivity index (χ1v) is 13.4. The molecule has 0 aliphatic carbocycles. The Bertz CT molecular complexity index is 1230. The molecule has 10 nitrogen and oxygen atoms in total. The van der Waals surface area contributed by atoms with Gasteiger partial charge in [-0.15, -0.1) is 17.0 Å². The highest BCUT2D eigenvalue weighted by Gasteiger charge is 2.39. The molecule has 0 fully saturated rings. The Morgan fingerprint density at radius 1 is 1.19 bits per heavy atom. The second-order valence-corrected chi connectivity index (χ2v) is 11.8. The van der Waals surface area contributed by atoms with Gasteiger partial charge in [-0.05, 0) is 70.0 Å². The summed E-state index contributed by atoms with van der Waals surface area (Å²) in [5.41, 5.74) is 0.800. The number of carbonyl (C=O) groups is 1. The predicted octanol–water partition coefficient (Wildman–Crippen LogP) is 4.03. The Hall–Kier alpha value is -2.54. The molecule has 12 heteroatoms. The summed E-state index contributed by atoms with van der Waals surface area (Å²) in [6.45, 7) is 8.15. The van der Waals surface area contributed by atoms with E-state index < -0.39 is 33.4 Å². The largest absolute Gasteiger partial charge is 0.506 e. The Balaban J connectivity index is 0.00000481. The number of nitrogens with one attached hydrogen (secondary N) is 2. The summed E-state index contributed by atoms with van der Waals surface area (Å²) in [6.07, 6.45) is 0.146. The van der Waals surface area contributed by atoms with Crippen LogP contribution in [0.2, 0.25) is 0 Å². The molecular formula is C25H36BrN3O7S. The van der Waals surface area contributed by atoms with E-state index in [9.17, 15) is 23.4 Å². The van der Waals surface area contributed by atoms with Crippen molar-refractivity contribution in [1.82, 2.24) is 5.32 Å². The Morgan fingerprint density at radius 3 is 2.49 bits per heavy atom. The van der Waals surface area contributed by atoms with Crippen LogP contribution in [0.1, 0.15) is 51.3 Å². The number of aromatic hydroxyl groups is 1. The fourth-order valence-corrected chi connectivity index (χ4v) is 4.57. The average Bonchev–Trinajstić information content (AvgIpc) is 2.77. The molecule has 0 saturated heterocycles. The molecule has 4 N–H and O–H groups in total. The van der Waals surface area contributed by atoms with E-state index in [1.807, 2.05) is 45.9 Å². The fraction of sp³-hybridized carbons (Fsp3) is 0.480. The molecule has 0 radical (unpaired) electrons. The number of anilines is 2. The molecule has 1 heterocycles. The molecule has 3 rings (SSSR count). The van der Waals surface area contributed by atoms with Crippen LogP contribution in [0.25, 0.3) is 0 Å². The number of aliphatic hydroxyl groups is 1. The highest BCUT2D eigenvalue weighted by Crippen LogP contribution is 2.41. The topological polar surface area (TPSA) is 137 Å². The fourth-order valence-electron chi connectivity index (χ4n) is 4.01. The number of aliphatic hydroxyl groups excluding tert-OH is 1. The van der Waals surface area contributed by atoms with Crippen LogP contribution in [0.4, 0.5) is 16.2 Å². The quantitative estimate of drug-likeness (QED) is 0.299. The van der Waals surface area contributed by atoms with Crippen LogP contribution in [0, 0.1) is 0 Å². The maximum Gasteiger partial charge on any atom is 0.415 e. The average molecular weight is 603 g/mol. The molecular weight excluding hydrogens is 566 g/mol. The standard InChI is InChI=1S/C25H35N3O7S.BrH/c1-24(2,26-15-22(30)16-7-10-21(29)19(13-16)27-36(6,32)33)11-12-28-20-9-8-17(34-5)14-18(20)25(3,4)35-23(28)31;/h7-10,13-14,22,26-27,29-30H,11-12,15H2,1-6H3;1H. The first-order chi connectivity index (χ1) is 16.6. The van der Waals surface area contributed by atoms with Crippen LogP contribution < -0.4 is 19.7 Å². The van der Waals surface area contributed by atoms with Crippen LogP contribution in [0.3, 0.4) is 0 Å². The number of hydrogen-bond acceptors (Lipinski definition) is 8. The maximum absolute atomic E-state index is 12.8. The van der Waals surface area contributed by atoms with Gasteiger partial charge >= 0.3 is 6.09 Å². The molecule has 1 aliphatic rings. The molecule has 1 unspecified atom stereocenters. The number of phenols is 1. The van der Waals surface area contributed by atoms with Crippen molar-refractivity contribution < 1.29 is 32.9 Å². The van der Waals surface area contributed by atoms with Crippen molar-refractivity contribution in [2.45, 2.75) is 51.4 Å². The number of carbonyl (C=O) groups excluding carboxylic acids is 1. The number of halogens is 1. The number of rotatable bonds is 10. The Kier molecular flexibility index (Phi) is 9.50. The van der Waals surface area contributed by atoms with E-state index in [2.05, 4.69) is 10.0 Å². The number of phenolic OH excluding ortho intramolecular Hbond substituents is 1. The number of amides is 1. The molecule has 0 spiro atoms. The first kappa shape index (κ1) is 30.7. The Morgan fingerprint density at radius 2 is 1.86 bits per heavy atom. The summed E-state index contributed by atoms with van der Waals surface area (Å²) in [5, 5.41) is 23.9. The highest BCUT2D eigenvalue weighted by atomic mass is 79.9. The van der Waals surface area contributed by atoms with Gasteiger partial charge in [0.1, 0.15) is 17.1 Å². The summed E-state index contributed by atoms with van der Waals surface area (Å²) in [7, 11) is -2.00. The SMILES string of the molecule is Br.COc1ccc2c(c1)C(C)(C)OC(=O)N2CCC(C)(C)NCC(O)c1ccc(O)c(NS(C)(=O)=O)c1. The zero-order valence-electron chi connectivity index (χ0n) is 21.9. The number of cyclic esters (lactones) is 1. The van der Waals surface area contributed by atoms with E-state index in [4.69, 9.17) is 9.47 Å². The van der Waals surface area contributed by atoms with E-state index >= 15 is 0 Å². The van der Waals surface area contributed by atoms with Crippen LogP contribution in [-0.4, -0.2) is 56.7 Å².